The zero-order chi connectivity index (χ0) is 21.0. The van der Waals surface area contributed by atoms with Crippen LogP contribution < -0.4 is 5.32 Å². The van der Waals surface area contributed by atoms with Gasteiger partial charge in [0.25, 0.3) is 5.91 Å². The maximum Gasteiger partial charge on any atom is 0.266 e. The number of rotatable bonds is 5. The van der Waals surface area contributed by atoms with Gasteiger partial charge in [0.15, 0.2) is 0 Å². The molecule has 2 aromatic carbocycles. The maximum absolute atomic E-state index is 12.6. The second-order valence-electron chi connectivity index (χ2n) is 6.81. The first kappa shape index (κ1) is 20.9. The molecule has 0 saturated heterocycles. The molecule has 1 amide bonds. The van der Waals surface area contributed by atoms with Gasteiger partial charge in [-0.2, -0.15) is 5.26 Å². The molecule has 146 valence electrons. The molecule has 1 N–H and O–H groups in total. The van der Waals surface area contributed by atoms with Crippen LogP contribution in [0.5, 0.6) is 0 Å². The molecule has 3 aromatic rings. The van der Waals surface area contributed by atoms with Crippen LogP contribution in [0.2, 0.25) is 0 Å². The molecule has 0 aliphatic rings. The van der Waals surface area contributed by atoms with Crippen molar-refractivity contribution < 1.29 is 4.79 Å². The highest BCUT2D eigenvalue weighted by Gasteiger charge is 2.14. The van der Waals surface area contributed by atoms with Crippen molar-refractivity contribution in [2.45, 2.75) is 27.2 Å². The number of hydrogen-bond donors (Lipinski definition) is 1. The fourth-order valence-corrected chi connectivity index (χ4v) is 3.61. The molecular formula is C24H22IN3O. The number of nitrogens with one attached hydrogen (secondary N) is 1. The van der Waals surface area contributed by atoms with Gasteiger partial charge in [0.05, 0.1) is 0 Å². The summed E-state index contributed by atoms with van der Waals surface area (Å²) < 4.78 is 3.29. The second kappa shape index (κ2) is 9.10. The molecule has 3 rings (SSSR count). The van der Waals surface area contributed by atoms with Crippen LogP contribution in [-0.2, 0) is 11.2 Å². The van der Waals surface area contributed by atoms with E-state index >= 15 is 0 Å². The van der Waals surface area contributed by atoms with Crippen LogP contribution in [0.4, 0.5) is 5.69 Å². The number of nitrogens with zero attached hydrogens (tertiary/aromatic N) is 2. The molecule has 0 fully saturated rings. The lowest BCUT2D eigenvalue weighted by molar-refractivity contribution is -0.112. The van der Waals surface area contributed by atoms with Crippen molar-refractivity contribution in [1.82, 2.24) is 4.57 Å². The standard InChI is InChI=1S/C24H22IN3O/c1-4-18-5-9-22(10-6-18)27-24(29)20(15-26)14-19-13-16(2)28(17(19)3)23-11-7-21(25)8-12-23/h5-14H,4H2,1-3H3,(H,27,29)/b20-14+. The molecule has 0 aliphatic carbocycles. The zero-order valence-corrected chi connectivity index (χ0v) is 18.8. The van der Waals surface area contributed by atoms with E-state index < -0.39 is 5.91 Å². The lowest BCUT2D eigenvalue weighted by Crippen LogP contribution is -2.13. The number of carbonyl (C=O) groups excluding carboxylic acids is 1. The average molecular weight is 495 g/mol. The minimum Gasteiger partial charge on any atom is -0.321 e. The van der Waals surface area contributed by atoms with E-state index in [9.17, 15) is 10.1 Å². The Morgan fingerprint density at radius 1 is 1.14 bits per heavy atom. The molecule has 1 heterocycles. The van der Waals surface area contributed by atoms with Crippen molar-refractivity contribution in [3.8, 4) is 11.8 Å². The van der Waals surface area contributed by atoms with Gasteiger partial charge in [0.1, 0.15) is 11.6 Å². The van der Waals surface area contributed by atoms with E-state index in [-0.39, 0.29) is 5.57 Å². The topological polar surface area (TPSA) is 57.8 Å². The molecule has 5 heteroatoms. The van der Waals surface area contributed by atoms with Crippen molar-refractivity contribution in [1.29, 1.82) is 5.26 Å². The van der Waals surface area contributed by atoms with Crippen LogP contribution in [0.1, 0.15) is 29.4 Å². The number of anilines is 1. The summed E-state index contributed by atoms with van der Waals surface area (Å²) >= 11 is 2.28. The fourth-order valence-electron chi connectivity index (χ4n) is 3.25. The molecular weight excluding hydrogens is 473 g/mol. The number of benzene rings is 2. The highest BCUT2D eigenvalue weighted by Crippen LogP contribution is 2.24. The average Bonchev–Trinajstić information content (AvgIpc) is 3.00. The van der Waals surface area contributed by atoms with Gasteiger partial charge in [-0.15, -0.1) is 0 Å². The van der Waals surface area contributed by atoms with Gasteiger partial charge in [0.2, 0.25) is 0 Å². The van der Waals surface area contributed by atoms with Gasteiger partial charge in [-0.1, -0.05) is 19.1 Å². The van der Waals surface area contributed by atoms with Crippen LogP contribution in [0, 0.1) is 28.7 Å². The smallest absolute Gasteiger partial charge is 0.266 e. The maximum atomic E-state index is 12.6. The van der Waals surface area contributed by atoms with E-state index in [4.69, 9.17) is 0 Å². The predicted octanol–water partition coefficient (Wildman–Crippen LogP) is 5.81. The van der Waals surface area contributed by atoms with Gasteiger partial charge in [0, 0.05) is 26.3 Å². The lowest BCUT2D eigenvalue weighted by Gasteiger charge is -2.10. The summed E-state index contributed by atoms with van der Waals surface area (Å²) in [5, 5.41) is 12.4. The van der Waals surface area contributed by atoms with Crippen molar-refractivity contribution in [2.24, 2.45) is 0 Å². The first-order chi connectivity index (χ1) is 13.9. The lowest BCUT2D eigenvalue weighted by atomic mass is 10.1. The van der Waals surface area contributed by atoms with E-state index in [0.29, 0.717) is 5.69 Å². The van der Waals surface area contributed by atoms with Crippen molar-refractivity contribution >= 4 is 40.3 Å². The molecule has 4 nitrogen and oxygen atoms in total. The summed E-state index contributed by atoms with van der Waals surface area (Å²) in [7, 11) is 0. The Labute approximate surface area is 185 Å². The summed E-state index contributed by atoms with van der Waals surface area (Å²) in [6.45, 7) is 6.09. The molecule has 0 spiro atoms. The molecule has 1 aromatic heterocycles. The molecule has 0 saturated carbocycles. The van der Waals surface area contributed by atoms with Crippen LogP contribution in [0.3, 0.4) is 0 Å². The summed E-state index contributed by atoms with van der Waals surface area (Å²) in [4.78, 5) is 12.6. The third-order valence-electron chi connectivity index (χ3n) is 4.84. The summed E-state index contributed by atoms with van der Waals surface area (Å²) in [5.74, 6) is -0.407. The second-order valence-corrected chi connectivity index (χ2v) is 8.06. The highest BCUT2D eigenvalue weighted by molar-refractivity contribution is 14.1. The predicted molar refractivity (Wildman–Crippen MR) is 126 cm³/mol. The molecule has 0 bridgehead atoms. The molecule has 0 unspecified atom stereocenters. The van der Waals surface area contributed by atoms with E-state index in [1.165, 1.54) is 9.13 Å². The molecule has 0 radical (unpaired) electrons. The van der Waals surface area contributed by atoms with E-state index in [1.807, 2.05) is 50.2 Å². The minimum absolute atomic E-state index is 0.0763. The number of carbonyl (C=O) groups is 1. The fraction of sp³-hybridized carbons (Fsp3) is 0.167. The monoisotopic (exact) mass is 495 g/mol. The number of halogens is 1. The Balaban J connectivity index is 1.88. The molecule has 0 aliphatic heterocycles. The van der Waals surface area contributed by atoms with Crippen LogP contribution in [0.15, 0.2) is 60.2 Å². The SMILES string of the molecule is CCc1ccc(NC(=O)/C(C#N)=C/c2cc(C)n(-c3ccc(I)cc3)c2C)cc1. The Kier molecular flexibility index (Phi) is 6.55. The van der Waals surface area contributed by atoms with E-state index in [1.54, 1.807) is 6.08 Å². The number of aryl methyl sites for hydroxylation is 2. The minimum atomic E-state index is -0.407. The van der Waals surface area contributed by atoms with Crippen LogP contribution >= 0.6 is 22.6 Å². The van der Waals surface area contributed by atoms with Gasteiger partial charge in [-0.3, -0.25) is 4.79 Å². The Hall–Kier alpha value is -2.85. The van der Waals surface area contributed by atoms with Crippen LogP contribution in [0.25, 0.3) is 11.8 Å². The van der Waals surface area contributed by atoms with Gasteiger partial charge >= 0.3 is 0 Å². The summed E-state index contributed by atoms with van der Waals surface area (Å²) in [6.07, 6.45) is 2.59. The largest absolute Gasteiger partial charge is 0.321 e. The Morgan fingerprint density at radius 3 is 2.38 bits per heavy atom. The molecule has 0 atom stereocenters. The van der Waals surface area contributed by atoms with Crippen LogP contribution in [-0.4, -0.2) is 10.5 Å². The third kappa shape index (κ3) is 4.77. The first-order valence-corrected chi connectivity index (χ1v) is 10.5. The number of nitriles is 1. The number of amides is 1. The van der Waals surface area contributed by atoms with Crippen molar-refractivity contribution in [3.63, 3.8) is 0 Å². The van der Waals surface area contributed by atoms with Gasteiger partial charge in [-0.05, 0) is 103 Å². The van der Waals surface area contributed by atoms with Crippen molar-refractivity contribution in [2.75, 3.05) is 5.32 Å². The molecule has 29 heavy (non-hydrogen) atoms. The number of hydrogen-bond acceptors (Lipinski definition) is 2. The first-order valence-electron chi connectivity index (χ1n) is 9.40. The van der Waals surface area contributed by atoms with E-state index in [2.05, 4.69) is 63.7 Å². The normalized spacial score (nSPS) is 11.2. The Bertz CT molecular complexity index is 1100. The highest BCUT2D eigenvalue weighted by atomic mass is 127. The Morgan fingerprint density at radius 2 is 1.79 bits per heavy atom. The summed E-state index contributed by atoms with van der Waals surface area (Å²) in [5.41, 5.74) is 5.89. The zero-order valence-electron chi connectivity index (χ0n) is 16.7. The van der Waals surface area contributed by atoms with Gasteiger partial charge in [-0.25, -0.2) is 0 Å². The van der Waals surface area contributed by atoms with E-state index in [0.717, 1.165) is 29.1 Å². The summed E-state index contributed by atoms with van der Waals surface area (Å²) in [6, 6.07) is 19.9. The van der Waals surface area contributed by atoms with Crippen molar-refractivity contribution in [3.05, 3.63) is 86.3 Å². The number of aromatic nitrogens is 1. The third-order valence-corrected chi connectivity index (χ3v) is 5.56. The quantitative estimate of drug-likeness (QED) is 0.276. The van der Waals surface area contributed by atoms with Gasteiger partial charge < -0.3 is 9.88 Å².